The molecule has 0 aliphatic heterocycles. The van der Waals surface area contributed by atoms with E-state index in [0.717, 1.165) is 39.4 Å². The van der Waals surface area contributed by atoms with E-state index in [2.05, 4.69) is 193 Å². The molecule has 0 unspecified atom stereocenters. The maximum atomic E-state index is 6.43. The van der Waals surface area contributed by atoms with Crippen molar-refractivity contribution in [2.45, 2.75) is 0 Å². The molecule has 0 bridgehead atoms. The fourth-order valence-corrected chi connectivity index (χ4v) is 7.00. The van der Waals surface area contributed by atoms with E-state index in [9.17, 15) is 0 Å². The van der Waals surface area contributed by atoms with Crippen LogP contribution in [0.3, 0.4) is 0 Å². The second kappa shape index (κ2) is 12.8. The van der Waals surface area contributed by atoms with E-state index in [1.54, 1.807) is 0 Å². The topological polar surface area (TPSA) is 16.4 Å². The van der Waals surface area contributed by atoms with Crippen LogP contribution < -0.4 is 4.90 Å². The highest BCUT2D eigenvalue weighted by Gasteiger charge is 2.19. The molecule has 2 nitrogen and oxygen atoms in total. The Hall–Kier alpha value is -6.64. The number of rotatable bonds is 7. The smallest absolute Gasteiger partial charge is 0.137 e. The minimum Gasteiger partial charge on any atom is -0.456 e. The molecule has 0 spiro atoms. The normalized spacial score (nSPS) is 11.2. The highest BCUT2D eigenvalue weighted by molar-refractivity contribution is 5.97. The summed E-state index contributed by atoms with van der Waals surface area (Å²) in [5.74, 6) is 0.841. The number of nitrogens with zero attached hydrogens (tertiary/aromatic N) is 1. The van der Waals surface area contributed by atoms with E-state index in [0.29, 0.717) is 0 Å². The van der Waals surface area contributed by atoms with Gasteiger partial charge in [-0.1, -0.05) is 146 Å². The van der Waals surface area contributed by atoms with Gasteiger partial charge in [0, 0.05) is 22.3 Å². The van der Waals surface area contributed by atoms with Crippen LogP contribution in [0.5, 0.6) is 0 Å². The minimum absolute atomic E-state index is 0.841. The molecule has 1 aromatic heterocycles. The molecule has 0 radical (unpaired) electrons. The van der Waals surface area contributed by atoms with E-state index >= 15 is 0 Å². The lowest BCUT2D eigenvalue weighted by molar-refractivity contribution is 0.631. The zero-order valence-electron chi connectivity index (χ0n) is 27.4. The van der Waals surface area contributed by atoms with Crippen LogP contribution in [-0.2, 0) is 0 Å². The number of hydrogen-bond donors (Lipinski definition) is 0. The highest BCUT2D eigenvalue weighted by atomic mass is 16.3. The Bertz CT molecular complexity index is 2540. The average Bonchev–Trinajstić information content (AvgIpc) is 3.63. The lowest BCUT2D eigenvalue weighted by Crippen LogP contribution is -2.11. The van der Waals surface area contributed by atoms with Gasteiger partial charge in [0.1, 0.15) is 11.3 Å². The van der Waals surface area contributed by atoms with Gasteiger partial charge in [0.15, 0.2) is 0 Å². The standard InChI is InChI=1S/C48H33NO/c1-2-12-34(13-3-1)38-17-10-18-39(32-38)35-24-28-41(29-25-35)49(46-22-8-7-20-45(46)48-33-40-15-5-9-23-47(40)50-48)42-30-26-37(27-31-42)44-21-11-16-36-14-4-6-19-43(36)44/h1-33H. The van der Waals surface area contributed by atoms with Crippen molar-refractivity contribution in [1.82, 2.24) is 0 Å². The molecule has 50 heavy (non-hydrogen) atoms. The molecule has 9 aromatic rings. The molecule has 8 aromatic carbocycles. The van der Waals surface area contributed by atoms with Crippen molar-refractivity contribution in [2.24, 2.45) is 0 Å². The second-order valence-electron chi connectivity index (χ2n) is 12.6. The molecule has 1 heterocycles. The van der Waals surface area contributed by atoms with Crippen molar-refractivity contribution in [2.75, 3.05) is 4.90 Å². The van der Waals surface area contributed by atoms with Crippen LogP contribution in [0.2, 0.25) is 0 Å². The van der Waals surface area contributed by atoms with Crippen molar-refractivity contribution >= 4 is 38.8 Å². The van der Waals surface area contributed by atoms with Crippen LogP contribution in [0.1, 0.15) is 0 Å². The van der Waals surface area contributed by atoms with Gasteiger partial charge in [-0.2, -0.15) is 0 Å². The lowest BCUT2D eigenvalue weighted by Gasteiger charge is -2.27. The maximum absolute atomic E-state index is 6.43. The van der Waals surface area contributed by atoms with Crippen LogP contribution in [-0.4, -0.2) is 0 Å². The quantitative estimate of drug-likeness (QED) is 0.173. The fraction of sp³-hybridized carbons (Fsp3) is 0. The van der Waals surface area contributed by atoms with Crippen molar-refractivity contribution in [3.05, 3.63) is 200 Å². The van der Waals surface area contributed by atoms with Gasteiger partial charge in [0.05, 0.1) is 5.69 Å². The third kappa shape index (κ3) is 5.53. The Morgan fingerprint density at radius 2 is 0.880 bits per heavy atom. The Kier molecular flexibility index (Phi) is 7.53. The number of para-hydroxylation sites is 2. The fourth-order valence-electron chi connectivity index (χ4n) is 7.00. The van der Waals surface area contributed by atoms with Crippen LogP contribution in [0.15, 0.2) is 205 Å². The van der Waals surface area contributed by atoms with Gasteiger partial charge < -0.3 is 9.32 Å². The summed E-state index contributed by atoms with van der Waals surface area (Å²) in [5.41, 5.74) is 12.3. The van der Waals surface area contributed by atoms with E-state index in [-0.39, 0.29) is 0 Å². The van der Waals surface area contributed by atoms with Gasteiger partial charge in [0.25, 0.3) is 0 Å². The van der Waals surface area contributed by atoms with Gasteiger partial charge >= 0.3 is 0 Å². The van der Waals surface area contributed by atoms with Gasteiger partial charge in [0.2, 0.25) is 0 Å². The summed E-state index contributed by atoms with van der Waals surface area (Å²) in [6.45, 7) is 0. The maximum Gasteiger partial charge on any atom is 0.137 e. The third-order valence-corrected chi connectivity index (χ3v) is 9.49. The van der Waals surface area contributed by atoms with Gasteiger partial charge in [-0.15, -0.1) is 0 Å². The van der Waals surface area contributed by atoms with Crippen molar-refractivity contribution in [1.29, 1.82) is 0 Å². The predicted molar refractivity (Wildman–Crippen MR) is 210 cm³/mol. The zero-order valence-corrected chi connectivity index (χ0v) is 27.4. The van der Waals surface area contributed by atoms with Crippen LogP contribution in [0.4, 0.5) is 17.1 Å². The third-order valence-electron chi connectivity index (χ3n) is 9.49. The summed E-state index contributed by atoms with van der Waals surface area (Å²) in [6, 6.07) is 71.0. The summed E-state index contributed by atoms with van der Waals surface area (Å²) >= 11 is 0. The largest absolute Gasteiger partial charge is 0.456 e. The minimum atomic E-state index is 0.841. The highest BCUT2D eigenvalue weighted by Crippen LogP contribution is 2.43. The first-order valence-electron chi connectivity index (χ1n) is 17.0. The molecule has 236 valence electrons. The second-order valence-corrected chi connectivity index (χ2v) is 12.6. The molecule has 0 saturated carbocycles. The van der Waals surface area contributed by atoms with Crippen molar-refractivity contribution < 1.29 is 4.42 Å². The summed E-state index contributed by atoms with van der Waals surface area (Å²) in [5, 5.41) is 3.58. The first kappa shape index (κ1) is 29.5. The molecule has 9 rings (SSSR count). The Balaban J connectivity index is 1.15. The molecule has 0 aliphatic carbocycles. The van der Waals surface area contributed by atoms with E-state index < -0.39 is 0 Å². The van der Waals surface area contributed by atoms with Crippen LogP contribution in [0.25, 0.3) is 66.4 Å². The average molecular weight is 640 g/mol. The summed E-state index contributed by atoms with van der Waals surface area (Å²) in [7, 11) is 0. The van der Waals surface area contributed by atoms with Crippen molar-refractivity contribution in [3.8, 4) is 44.7 Å². The van der Waals surface area contributed by atoms with Gasteiger partial charge in [-0.05, 0) is 98.8 Å². The molecular formula is C48H33NO. The zero-order chi connectivity index (χ0) is 33.3. The monoisotopic (exact) mass is 639 g/mol. The molecule has 0 atom stereocenters. The summed E-state index contributed by atoms with van der Waals surface area (Å²) in [6.07, 6.45) is 0. The Morgan fingerprint density at radius 3 is 1.64 bits per heavy atom. The predicted octanol–water partition coefficient (Wildman–Crippen LogP) is 13.7. The summed E-state index contributed by atoms with van der Waals surface area (Å²) < 4.78 is 6.43. The molecule has 0 fully saturated rings. The van der Waals surface area contributed by atoms with Gasteiger partial charge in [-0.25, -0.2) is 0 Å². The molecule has 0 aliphatic rings. The molecular weight excluding hydrogens is 607 g/mol. The number of benzene rings is 8. The van der Waals surface area contributed by atoms with Crippen LogP contribution >= 0.6 is 0 Å². The van der Waals surface area contributed by atoms with E-state index in [1.807, 2.05) is 12.1 Å². The molecule has 0 amide bonds. The first-order chi connectivity index (χ1) is 24.8. The first-order valence-corrected chi connectivity index (χ1v) is 17.0. The number of fused-ring (bicyclic) bond motifs is 2. The van der Waals surface area contributed by atoms with Gasteiger partial charge in [-0.3, -0.25) is 0 Å². The SMILES string of the molecule is c1ccc(-c2cccc(-c3ccc(N(c4ccc(-c5cccc6ccccc56)cc4)c4ccccc4-c4cc5ccccc5o4)cc3)c2)cc1. The molecule has 2 heteroatoms. The number of hydrogen-bond acceptors (Lipinski definition) is 2. The summed E-state index contributed by atoms with van der Waals surface area (Å²) in [4.78, 5) is 2.33. The van der Waals surface area contributed by atoms with E-state index in [4.69, 9.17) is 4.42 Å². The van der Waals surface area contributed by atoms with Crippen molar-refractivity contribution in [3.63, 3.8) is 0 Å². The molecule has 0 saturated heterocycles. The molecule has 0 N–H and O–H groups in total. The lowest BCUT2D eigenvalue weighted by atomic mass is 9.97. The Labute approximate surface area is 292 Å². The number of anilines is 3. The van der Waals surface area contributed by atoms with E-state index in [1.165, 1.54) is 44.2 Å². The Morgan fingerprint density at radius 1 is 0.340 bits per heavy atom. The van der Waals surface area contributed by atoms with Crippen LogP contribution in [0, 0.1) is 0 Å². The number of furan rings is 1.